The van der Waals surface area contributed by atoms with E-state index in [1.807, 2.05) is 66.9 Å². The van der Waals surface area contributed by atoms with E-state index >= 15 is 0 Å². The number of nitrogens with zero attached hydrogens (tertiary/aromatic N) is 3. The molecule has 1 aromatic heterocycles. The standard InChI is InChI=1S/C29H33N3O5S2/c1-4-31(21-22-11-8-7-9-12-22)39(34,35)24-17-15-23(16-18-24)28(33)30-29-32(19-20-36-5-2)27-25(37-6-3)13-10-14-26(27)38-29/h7-18H,4-6,19-21H2,1-3H3. The van der Waals surface area contributed by atoms with Crippen molar-refractivity contribution >= 4 is 37.5 Å². The number of rotatable bonds is 12. The Morgan fingerprint density at radius 2 is 1.69 bits per heavy atom. The molecule has 39 heavy (non-hydrogen) atoms. The lowest BCUT2D eigenvalue weighted by atomic mass is 10.2. The number of ether oxygens (including phenoxy) is 2. The van der Waals surface area contributed by atoms with Gasteiger partial charge in [-0.05, 0) is 55.8 Å². The number of amides is 1. The van der Waals surface area contributed by atoms with Crippen molar-refractivity contribution in [3.8, 4) is 5.75 Å². The number of benzene rings is 3. The second-order valence-corrected chi connectivity index (χ2v) is 11.6. The summed E-state index contributed by atoms with van der Waals surface area (Å²) in [5, 5.41) is 0. The smallest absolute Gasteiger partial charge is 0.279 e. The lowest BCUT2D eigenvalue weighted by Crippen LogP contribution is -2.30. The van der Waals surface area contributed by atoms with E-state index in [0.717, 1.165) is 21.5 Å². The largest absolute Gasteiger partial charge is 0.492 e. The van der Waals surface area contributed by atoms with Crippen molar-refractivity contribution in [1.82, 2.24) is 8.87 Å². The number of thiazole rings is 1. The molecule has 0 atom stereocenters. The summed E-state index contributed by atoms with van der Waals surface area (Å²) in [6, 6.07) is 21.2. The number of aromatic nitrogens is 1. The highest BCUT2D eigenvalue weighted by atomic mass is 32.2. The van der Waals surface area contributed by atoms with Gasteiger partial charge >= 0.3 is 0 Å². The van der Waals surface area contributed by atoms with Crippen LogP contribution in [0.1, 0.15) is 36.7 Å². The molecule has 0 unspecified atom stereocenters. The minimum absolute atomic E-state index is 0.131. The maximum Gasteiger partial charge on any atom is 0.279 e. The van der Waals surface area contributed by atoms with E-state index in [4.69, 9.17) is 9.47 Å². The van der Waals surface area contributed by atoms with E-state index in [9.17, 15) is 13.2 Å². The Bertz CT molecular complexity index is 1580. The Kier molecular flexibility index (Phi) is 9.68. The van der Waals surface area contributed by atoms with Gasteiger partial charge in [-0.3, -0.25) is 4.79 Å². The average molecular weight is 568 g/mol. The monoisotopic (exact) mass is 567 g/mol. The Labute approximate surface area is 233 Å². The number of hydrogen-bond donors (Lipinski definition) is 0. The van der Waals surface area contributed by atoms with Crippen LogP contribution in [0.5, 0.6) is 5.75 Å². The molecule has 4 rings (SSSR count). The first kappa shape index (κ1) is 28.7. The van der Waals surface area contributed by atoms with Gasteiger partial charge in [0.1, 0.15) is 11.3 Å². The molecule has 4 aromatic rings. The van der Waals surface area contributed by atoms with Crippen molar-refractivity contribution in [2.75, 3.05) is 26.4 Å². The van der Waals surface area contributed by atoms with Gasteiger partial charge in [-0.25, -0.2) is 8.42 Å². The second kappa shape index (κ2) is 13.2. The Hall–Kier alpha value is -3.31. The van der Waals surface area contributed by atoms with Gasteiger partial charge in [0.2, 0.25) is 10.0 Å². The summed E-state index contributed by atoms with van der Waals surface area (Å²) in [6.07, 6.45) is 0. The predicted molar refractivity (Wildman–Crippen MR) is 154 cm³/mol. The highest BCUT2D eigenvalue weighted by Crippen LogP contribution is 2.28. The van der Waals surface area contributed by atoms with Gasteiger partial charge in [0.05, 0.1) is 22.8 Å². The summed E-state index contributed by atoms with van der Waals surface area (Å²) in [6.45, 7) is 8.34. The lowest BCUT2D eigenvalue weighted by molar-refractivity contribution is 0.0996. The summed E-state index contributed by atoms with van der Waals surface area (Å²) >= 11 is 1.40. The average Bonchev–Trinajstić information content (AvgIpc) is 3.30. The van der Waals surface area contributed by atoms with Crippen LogP contribution in [-0.4, -0.2) is 49.6 Å². The zero-order valence-corrected chi connectivity index (χ0v) is 24.0. The van der Waals surface area contributed by atoms with Crippen molar-refractivity contribution in [3.63, 3.8) is 0 Å². The van der Waals surface area contributed by atoms with Crippen molar-refractivity contribution < 1.29 is 22.7 Å². The predicted octanol–water partition coefficient (Wildman–Crippen LogP) is 5.09. The van der Waals surface area contributed by atoms with Crippen LogP contribution in [0.4, 0.5) is 0 Å². The molecule has 0 saturated carbocycles. The minimum Gasteiger partial charge on any atom is -0.492 e. The van der Waals surface area contributed by atoms with Gasteiger partial charge in [-0.1, -0.05) is 54.7 Å². The summed E-state index contributed by atoms with van der Waals surface area (Å²) in [5.41, 5.74) is 2.08. The summed E-state index contributed by atoms with van der Waals surface area (Å²) in [4.78, 5) is 18.3. The van der Waals surface area contributed by atoms with Crippen molar-refractivity contribution in [2.45, 2.75) is 38.8 Å². The first-order chi connectivity index (χ1) is 18.9. The minimum atomic E-state index is -3.74. The number of carbonyl (C=O) groups excluding carboxylic acids is 1. The van der Waals surface area contributed by atoms with Crippen LogP contribution in [0.3, 0.4) is 0 Å². The second-order valence-electron chi connectivity index (χ2n) is 8.63. The normalized spacial score (nSPS) is 12.4. The third kappa shape index (κ3) is 6.65. The first-order valence-corrected chi connectivity index (χ1v) is 15.2. The topological polar surface area (TPSA) is 90.2 Å². The van der Waals surface area contributed by atoms with E-state index in [0.29, 0.717) is 43.3 Å². The molecule has 0 aliphatic heterocycles. The highest BCUT2D eigenvalue weighted by Gasteiger charge is 2.23. The van der Waals surface area contributed by atoms with E-state index < -0.39 is 15.9 Å². The Morgan fingerprint density at radius 3 is 2.36 bits per heavy atom. The van der Waals surface area contributed by atoms with Crippen molar-refractivity contribution in [3.05, 3.63) is 88.7 Å². The number of sulfonamides is 1. The molecule has 8 nitrogen and oxygen atoms in total. The number of carbonyl (C=O) groups is 1. The summed E-state index contributed by atoms with van der Waals surface area (Å²) in [7, 11) is -3.74. The molecular weight excluding hydrogens is 534 g/mol. The zero-order valence-electron chi connectivity index (χ0n) is 22.4. The third-order valence-corrected chi connectivity index (χ3v) is 9.10. The number of hydrogen-bond acceptors (Lipinski definition) is 6. The summed E-state index contributed by atoms with van der Waals surface area (Å²) in [5.74, 6) is 0.271. The van der Waals surface area contributed by atoms with Gasteiger partial charge < -0.3 is 14.0 Å². The molecule has 0 aliphatic rings. The van der Waals surface area contributed by atoms with Gasteiger partial charge in [0.15, 0.2) is 4.80 Å². The fourth-order valence-corrected chi connectivity index (χ4v) is 6.70. The van der Waals surface area contributed by atoms with Crippen LogP contribution in [0, 0.1) is 0 Å². The molecule has 0 radical (unpaired) electrons. The van der Waals surface area contributed by atoms with Crippen LogP contribution in [-0.2, 0) is 27.8 Å². The van der Waals surface area contributed by atoms with E-state index in [2.05, 4.69) is 4.99 Å². The van der Waals surface area contributed by atoms with Crippen LogP contribution in [0.15, 0.2) is 82.7 Å². The third-order valence-electron chi connectivity index (χ3n) is 6.12. The molecule has 206 valence electrons. The molecule has 1 heterocycles. The van der Waals surface area contributed by atoms with E-state index in [-0.39, 0.29) is 11.4 Å². The van der Waals surface area contributed by atoms with Gasteiger partial charge in [0, 0.05) is 31.8 Å². The molecule has 0 spiro atoms. The van der Waals surface area contributed by atoms with E-state index in [1.54, 1.807) is 6.92 Å². The fourth-order valence-electron chi connectivity index (χ4n) is 4.19. The van der Waals surface area contributed by atoms with Crippen LogP contribution in [0.2, 0.25) is 0 Å². The molecule has 0 N–H and O–H groups in total. The zero-order chi connectivity index (χ0) is 27.8. The summed E-state index contributed by atoms with van der Waals surface area (Å²) < 4.78 is 42.3. The first-order valence-electron chi connectivity index (χ1n) is 12.9. The molecular formula is C29H33N3O5S2. The molecule has 0 bridgehead atoms. The fraction of sp³-hybridized carbons (Fsp3) is 0.310. The lowest BCUT2D eigenvalue weighted by Gasteiger charge is -2.20. The SMILES string of the molecule is CCOCCn1c(=NC(=O)c2ccc(S(=O)(=O)N(CC)Cc3ccccc3)cc2)sc2cccc(OCC)c21. The molecule has 0 saturated heterocycles. The molecule has 10 heteroatoms. The quantitative estimate of drug-likeness (QED) is 0.223. The van der Waals surface area contributed by atoms with Crippen molar-refractivity contribution in [2.24, 2.45) is 4.99 Å². The number of fused-ring (bicyclic) bond motifs is 1. The van der Waals surface area contributed by atoms with Crippen LogP contribution in [0.25, 0.3) is 10.2 Å². The Balaban J connectivity index is 1.64. The van der Waals surface area contributed by atoms with Gasteiger partial charge in [0.25, 0.3) is 5.91 Å². The van der Waals surface area contributed by atoms with Gasteiger partial charge in [-0.2, -0.15) is 9.30 Å². The van der Waals surface area contributed by atoms with E-state index in [1.165, 1.54) is 39.9 Å². The molecule has 3 aromatic carbocycles. The maximum atomic E-state index is 13.3. The van der Waals surface area contributed by atoms with Gasteiger partial charge in [-0.15, -0.1) is 0 Å². The van der Waals surface area contributed by atoms with Crippen molar-refractivity contribution in [1.29, 1.82) is 0 Å². The molecule has 0 aliphatic carbocycles. The molecule has 0 fully saturated rings. The highest BCUT2D eigenvalue weighted by molar-refractivity contribution is 7.89. The molecule has 1 amide bonds. The maximum absolute atomic E-state index is 13.3. The number of para-hydroxylation sites is 1. The van der Waals surface area contributed by atoms with Crippen LogP contribution >= 0.6 is 11.3 Å². The van der Waals surface area contributed by atoms with Crippen LogP contribution < -0.4 is 9.54 Å². The Morgan fingerprint density at radius 1 is 0.949 bits per heavy atom.